The van der Waals surface area contributed by atoms with Crippen LogP contribution in [-0.4, -0.2) is 34.6 Å². The van der Waals surface area contributed by atoms with E-state index in [1.54, 1.807) is 60.7 Å². The van der Waals surface area contributed by atoms with Gasteiger partial charge in [0.1, 0.15) is 6.54 Å². The van der Waals surface area contributed by atoms with Crippen molar-refractivity contribution >= 4 is 11.6 Å². The minimum Gasteiger partial charge on any atom is -0.388 e. The Morgan fingerprint density at radius 3 is 2.79 bits per heavy atom. The number of benzene rings is 1. The number of aliphatic hydroxyl groups is 1. The summed E-state index contributed by atoms with van der Waals surface area (Å²) in [6.07, 6.45) is 5.93. The lowest BCUT2D eigenvalue weighted by Crippen LogP contribution is -2.27. The molecule has 9 nitrogen and oxygen atoms in total. The highest BCUT2D eigenvalue weighted by Crippen LogP contribution is 2.19. The highest BCUT2D eigenvalue weighted by atomic mass is 35.5. The fourth-order valence-corrected chi connectivity index (χ4v) is 3.02. The van der Waals surface area contributed by atoms with Gasteiger partial charge in [0.15, 0.2) is 5.82 Å². The molecular weight excluding hydrogens is 396 g/mol. The standard InChI is InChI=1S/C19H17ClN6O3/c1-12-15(25-7-6-21-11-25)9-22-26(19(12)28)10-18-23-17(24-29-18)8-16(27)13-2-4-14(20)5-3-13/h2-7,9,11,16,27H,8,10H2,1H3/t16-/m0/s1. The first-order chi connectivity index (χ1) is 14.0. The average molecular weight is 413 g/mol. The van der Waals surface area contributed by atoms with E-state index in [4.69, 9.17) is 16.1 Å². The lowest BCUT2D eigenvalue weighted by molar-refractivity contribution is 0.174. The number of hydrogen-bond acceptors (Lipinski definition) is 7. The summed E-state index contributed by atoms with van der Waals surface area (Å²) < 4.78 is 8.19. The maximum Gasteiger partial charge on any atom is 0.272 e. The van der Waals surface area contributed by atoms with Crippen LogP contribution in [0.2, 0.25) is 5.02 Å². The topological polar surface area (TPSA) is 112 Å². The number of aromatic nitrogens is 6. The maximum absolute atomic E-state index is 12.6. The van der Waals surface area contributed by atoms with Crippen molar-refractivity contribution in [2.45, 2.75) is 26.0 Å². The van der Waals surface area contributed by atoms with E-state index in [-0.39, 0.29) is 24.4 Å². The average Bonchev–Trinajstić information content (AvgIpc) is 3.38. The summed E-state index contributed by atoms with van der Waals surface area (Å²) in [5.74, 6) is 0.565. The van der Waals surface area contributed by atoms with Gasteiger partial charge in [-0.25, -0.2) is 9.67 Å². The van der Waals surface area contributed by atoms with E-state index in [1.807, 2.05) is 0 Å². The van der Waals surface area contributed by atoms with Crippen LogP contribution in [0.4, 0.5) is 0 Å². The Kier molecular flexibility index (Phi) is 5.24. The largest absolute Gasteiger partial charge is 0.388 e. The molecule has 10 heteroatoms. The minimum absolute atomic E-state index is 0.0356. The van der Waals surface area contributed by atoms with E-state index in [2.05, 4.69) is 20.2 Å². The zero-order valence-corrected chi connectivity index (χ0v) is 16.2. The molecular formula is C19H17ClN6O3. The first kappa shape index (κ1) is 19.0. The third kappa shape index (κ3) is 4.10. The third-order valence-electron chi connectivity index (χ3n) is 4.47. The Balaban J connectivity index is 1.48. The van der Waals surface area contributed by atoms with Crippen molar-refractivity contribution in [3.8, 4) is 5.69 Å². The molecule has 148 valence electrons. The molecule has 0 saturated carbocycles. The summed E-state index contributed by atoms with van der Waals surface area (Å²) in [6.45, 7) is 1.76. The van der Waals surface area contributed by atoms with Crippen LogP contribution < -0.4 is 5.56 Å². The molecule has 0 unspecified atom stereocenters. The number of nitrogens with zero attached hydrogens (tertiary/aromatic N) is 6. The van der Waals surface area contributed by atoms with Gasteiger partial charge in [-0.2, -0.15) is 10.1 Å². The molecule has 0 fully saturated rings. The quantitative estimate of drug-likeness (QED) is 0.516. The molecule has 4 rings (SSSR count). The van der Waals surface area contributed by atoms with Gasteiger partial charge in [-0.15, -0.1) is 0 Å². The first-order valence-corrected chi connectivity index (χ1v) is 9.19. The van der Waals surface area contributed by atoms with Gasteiger partial charge in [-0.1, -0.05) is 28.9 Å². The first-order valence-electron chi connectivity index (χ1n) is 8.81. The smallest absolute Gasteiger partial charge is 0.272 e. The highest BCUT2D eigenvalue weighted by Gasteiger charge is 2.16. The zero-order chi connectivity index (χ0) is 20.4. The number of aliphatic hydroxyl groups excluding tert-OH is 1. The van der Waals surface area contributed by atoms with E-state index < -0.39 is 6.10 Å². The fraction of sp³-hybridized carbons (Fsp3) is 0.211. The van der Waals surface area contributed by atoms with Crippen molar-refractivity contribution < 1.29 is 9.63 Å². The molecule has 0 spiro atoms. The van der Waals surface area contributed by atoms with Gasteiger partial charge in [-0.3, -0.25) is 4.79 Å². The zero-order valence-electron chi connectivity index (χ0n) is 15.4. The Bertz CT molecular complexity index is 1170. The summed E-state index contributed by atoms with van der Waals surface area (Å²) in [7, 11) is 0. The van der Waals surface area contributed by atoms with Crippen LogP contribution in [0.15, 0.2) is 58.5 Å². The van der Waals surface area contributed by atoms with Gasteiger partial charge in [0.25, 0.3) is 5.56 Å². The second-order valence-corrected chi connectivity index (χ2v) is 6.90. The van der Waals surface area contributed by atoms with Crippen molar-refractivity contribution in [2.24, 2.45) is 0 Å². The molecule has 0 saturated heterocycles. The van der Waals surface area contributed by atoms with Gasteiger partial charge >= 0.3 is 0 Å². The van der Waals surface area contributed by atoms with Gasteiger partial charge in [0.05, 0.1) is 24.3 Å². The lowest BCUT2D eigenvalue weighted by Gasteiger charge is -2.08. The van der Waals surface area contributed by atoms with Crippen molar-refractivity contribution in [1.82, 2.24) is 29.5 Å². The lowest BCUT2D eigenvalue weighted by atomic mass is 10.1. The van der Waals surface area contributed by atoms with E-state index in [9.17, 15) is 9.90 Å². The second kappa shape index (κ2) is 7.98. The van der Waals surface area contributed by atoms with Gasteiger partial charge < -0.3 is 14.2 Å². The monoisotopic (exact) mass is 412 g/mol. The van der Waals surface area contributed by atoms with Crippen molar-refractivity contribution in [3.05, 3.63) is 87.4 Å². The molecule has 0 amide bonds. The van der Waals surface area contributed by atoms with Crippen molar-refractivity contribution in [3.63, 3.8) is 0 Å². The minimum atomic E-state index is -0.796. The van der Waals surface area contributed by atoms with Crippen LogP contribution in [0.3, 0.4) is 0 Å². The predicted octanol–water partition coefficient (Wildman–Crippen LogP) is 2.10. The van der Waals surface area contributed by atoms with E-state index >= 15 is 0 Å². The summed E-state index contributed by atoms with van der Waals surface area (Å²) in [5, 5.41) is 19.0. The van der Waals surface area contributed by atoms with Gasteiger partial charge in [0.2, 0.25) is 5.89 Å². The van der Waals surface area contributed by atoms with Gasteiger partial charge in [0, 0.05) is 29.4 Å². The van der Waals surface area contributed by atoms with Crippen LogP contribution in [0.25, 0.3) is 5.69 Å². The van der Waals surface area contributed by atoms with Crippen LogP contribution in [0, 0.1) is 6.92 Å². The molecule has 0 aliphatic heterocycles. The molecule has 3 aromatic heterocycles. The Hall–Kier alpha value is -3.30. The summed E-state index contributed by atoms with van der Waals surface area (Å²) >= 11 is 5.86. The predicted molar refractivity (Wildman–Crippen MR) is 104 cm³/mol. The van der Waals surface area contributed by atoms with Crippen LogP contribution in [0.1, 0.15) is 28.9 Å². The molecule has 29 heavy (non-hydrogen) atoms. The normalized spacial score (nSPS) is 12.2. The summed E-state index contributed by atoms with van der Waals surface area (Å²) in [5.41, 5.74) is 1.61. The van der Waals surface area contributed by atoms with E-state index in [1.165, 1.54) is 4.68 Å². The van der Waals surface area contributed by atoms with Crippen LogP contribution >= 0.6 is 11.6 Å². The molecule has 0 radical (unpaired) electrons. The van der Waals surface area contributed by atoms with Crippen LogP contribution in [0.5, 0.6) is 0 Å². The summed E-state index contributed by atoms with van der Waals surface area (Å²) in [6, 6.07) is 6.88. The number of rotatable bonds is 6. The second-order valence-electron chi connectivity index (χ2n) is 6.46. The molecule has 0 bridgehead atoms. The Labute approximate surface area is 170 Å². The fourth-order valence-electron chi connectivity index (χ4n) is 2.89. The van der Waals surface area contributed by atoms with Crippen molar-refractivity contribution in [2.75, 3.05) is 0 Å². The highest BCUT2D eigenvalue weighted by molar-refractivity contribution is 6.30. The molecule has 3 heterocycles. The number of halogens is 1. The number of hydrogen-bond donors (Lipinski definition) is 1. The van der Waals surface area contributed by atoms with Crippen molar-refractivity contribution in [1.29, 1.82) is 0 Å². The SMILES string of the molecule is Cc1c(-n2ccnc2)cnn(Cc2nc(C[C@H](O)c3ccc(Cl)cc3)no2)c1=O. The Morgan fingerprint density at radius 1 is 1.28 bits per heavy atom. The van der Waals surface area contributed by atoms with Gasteiger partial charge in [-0.05, 0) is 24.6 Å². The molecule has 1 aromatic carbocycles. The van der Waals surface area contributed by atoms with E-state index in [0.29, 0.717) is 27.7 Å². The molecule has 1 atom stereocenters. The Morgan fingerprint density at radius 2 is 2.07 bits per heavy atom. The van der Waals surface area contributed by atoms with Crippen LogP contribution in [-0.2, 0) is 13.0 Å². The van der Waals surface area contributed by atoms with E-state index in [0.717, 1.165) is 0 Å². The summed E-state index contributed by atoms with van der Waals surface area (Å²) in [4.78, 5) is 20.8. The molecule has 0 aliphatic rings. The molecule has 0 aliphatic carbocycles. The molecule has 4 aromatic rings. The third-order valence-corrected chi connectivity index (χ3v) is 4.72. The maximum atomic E-state index is 12.6. The number of imidazole rings is 1. The molecule has 1 N–H and O–H groups in total.